The zero-order valence-corrected chi connectivity index (χ0v) is 14.5. The lowest BCUT2D eigenvalue weighted by Gasteiger charge is -2.31. The lowest BCUT2D eigenvalue weighted by atomic mass is 10.0. The molecule has 20 heavy (non-hydrogen) atoms. The number of amides is 1. The highest BCUT2D eigenvalue weighted by Crippen LogP contribution is 2.27. The fraction of sp³-hybridized carbons (Fsp3) is 0.692. The van der Waals surface area contributed by atoms with E-state index in [-0.39, 0.29) is 18.3 Å². The van der Waals surface area contributed by atoms with Gasteiger partial charge in [-0.3, -0.25) is 9.89 Å². The van der Waals surface area contributed by atoms with Crippen LogP contribution in [0.1, 0.15) is 48.8 Å². The molecule has 0 saturated carbocycles. The van der Waals surface area contributed by atoms with Gasteiger partial charge in [0.15, 0.2) is 5.69 Å². The van der Waals surface area contributed by atoms with E-state index in [1.807, 2.05) is 11.9 Å². The molecule has 0 radical (unpaired) electrons. The highest BCUT2D eigenvalue weighted by molar-refractivity contribution is 9.10. The molecule has 0 aliphatic carbocycles. The van der Waals surface area contributed by atoms with Crippen LogP contribution < -0.4 is 5.32 Å². The Hall–Kier alpha value is -0.590. The van der Waals surface area contributed by atoms with E-state index in [0.29, 0.717) is 17.7 Å². The zero-order chi connectivity index (χ0) is 14.0. The number of hydrogen-bond acceptors (Lipinski definition) is 3. The summed E-state index contributed by atoms with van der Waals surface area (Å²) < 4.78 is 0.799. The maximum Gasteiger partial charge on any atom is 0.275 e. The summed E-state index contributed by atoms with van der Waals surface area (Å²) in [4.78, 5) is 14.3. The number of H-pyrrole nitrogens is 1. The van der Waals surface area contributed by atoms with Gasteiger partial charge in [0.1, 0.15) is 0 Å². The topological polar surface area (TPSA) is 61.0 Å². The molecule has 0 bridgehead atoms. The molecule has 2 heterocycles. The second kappa shape index (κ2) is 7.43. The molecule has 7 heteroatoms. The standard InChI is InChI=1S/C13H21BrN4O.ClH/c1-8(2)11-10(14)12(17-16-11)13(19)18(3)9-4-6-15-7-5-9;/h8-9,15H,4-7H2,1-3H3,(H,16,17);1H. The van der Waals surface area contributed by atoms with Crippen molar-refractivity contribution >= 4 is 34.2 Å². The van der Waals surface area contributed by atoms with Crippen LogP contribution in [-0.2, 0) is 0 Å². The van der Waals surface area contributed by atoms with Gasteiger partial charge in [-0.15, -0.1) is 12.4 Å². The number of hydrogen-bond donors (Lipinski definition) is 2. The summed E-state index contributed by atoms with van der Waals surface area (Å²) in [5.74, 6) is 0.300. The Bertz CT molecular complexity index is 457. The molecule has 0 aromatic carbocycles. The second-order valence-electron chi connectivity index (χ2n) is 5.35. The summed E-state index contributed by atoms with van der Waals surface area (Å²) in [7, 11) is 1.87. The van der Waals surface area contributed by atoms with E-state index in [4.69, 9.17) is 0 Å². The first-order valence-electron chi connectivity index (χ1n) is 6.74. The molecule has 0 atom stereocenters. The van der Waals surface area contributed by atoms with E-state index >= 15 is 0 Å². The predicted molar refractivity (Wildman–Crippen MR) is 85.6 cm³/mol. The number of aromatic amines is 1. The van der Waals surface area contributed by atoms with Crippen molar-refractivity contribution in [1.29, 1.82) is 0 Å². The van der Waals surface area contributed by atoms with Gasteiger partial charge >= 0.3 is 0 Å². The molecule has 1 saturated heterocycles. The minimum atomic E-state index is -0.0121. The van der Waals surface area contributed by atoms with E-state index in [0.717, 1.165) is 36.1 Å². The average Bonchev–Trinajstić information content (AvgIpc) is 2.80. The minimum absolute atomic E-state index is 0. The molecule has 0 spiro atoms. The molecule has 1 fully saturated rings. The van der Waals surface area contributed by atoms with Gasteiger partial charge < -0.3 is 10.2 Å². The maximum absolute atomic E-state index is 12.5. The molecule has 1 aliphatic heterocycles. The third kappa shape index (κ3) is 3.54. The number of nitrogens with one attached hydrogen (secondary N) is 2. The van der Waals surface area contributed by atoms with Crippen molar-refractivity contribution in [2.75, 3.05) is 20.1 Å². The van der Waals surface area contributed by atoms with Crippen LogP contribution >= 0.6 is 28.3 Å². The van der Waals surface area contributed by atoms with Crippen LogP contribution in [-0.4, -0.2) is 47.2 Å². The number of rotatable bonds is 3. The van der Waals surface area contributed by atoms with Gasteiger partial charge in [-0.2, -0.15) is 5.10 Å². The van der Waals surface area contributed by atoms with Gasteiger partial charge in [0.2, 0.25) is 0 Å². The van der Waals surface area contributed by atoms with Crippen LogP contribution in [0.15, 0.2) is 4.47 Å². The SMILES string of the molecule is CC(C)c1[nH]nc(C(=O)N(C)C2CCNCC2)c1Br.Cl. The maximum atomic E-state index is 12.5. The highest BCUT2D eigenvalue weighted by atomic mass is 79.9. The van der Waals surface area contributed by atoms with Crippen LogP contribution in [0.4, 0.5) is 0 Å². The van der Waals surface area contributed by atoms with Crippen LogP contribution in [0.25, 0.3) is 0 Å². The number of carbonyl (C=O) groups is 1. The monoisotopic (exact) mass is 364 g/mol. The smallest absolute Gasteiger partial charge is 0.275 e. The largest absolute Gasteiger partial charge is 0.337 e. The van der Waals surface area contributed by atoms with Gasteiger partial charge in [-0.25, -0.2) is 0 Å². The number of aromatic nitrogens is 2. The van der Waals surface area contributed by atoms with Crippen LogP contribution in [0, 0.1) is 0 Å². The molecule has 5 nitrogen and oxygen atoms in total. The Morgan fingerprint density at radius 2 is 2.00 bits per heavy atom. The molecular formula is C13H22BrClN4O. The first kappa shape index (κ1) is 17.5. The molecule has 114 valence electrons. The Morgan fingerprint density at radius 3 is 2.50 bits per heavy atom. The van der Waals surface area contributed by atoms with Crippen molar-refractivity contribution < 1.29 is 4.79 Å². The number of nitrogens with zero attached hydrogens (tertiary/aromatic N) is 2. The van der Waals surface area contributed by atoms with Gasteiger partial charge in [0.05, 0.1) is 10.2 Å². The van der Waals surface area contributed by atoms with Gasteiger partial charge in [-0.1, -0.05) is 13.8 Å². The number of carbonyl (C=O) groups excluding carboxylic acids is 1. The van der Waals surface area contributed by atoms with Crippen molar-refractivity contribution in [1.82, 2.24) is 20.4 Å². The Labute approximate surface area is 134 Å². The van der Waals surface area contributed by atoms with Crippen LogP contribution in [0.5, 0.6) is 0 Å². The lowest BCUT2D eigenvalue weighted by molar-refractivity contribution is 0.0696. The van der Waals surface area contributed by atoms with E-state index in [9.17, 15) is 4.79 Å². The summed E-state index contributed by atoms with van der Waals surface area (Å²) >= 11 is 3.49. The minimum Gasteiger partial charge on any atom is -0.337 e. The molecule has 1 aromatic heterocycles. The fourth-order valence-corrected chi connectivity index (χ4v) is 3.20. The predicted octanol–water partition coefficient (Wildman–Crippen LogP) is 2.54. The van der Waals surface area contributed by atoms with Crippen molar-refractivity contribution in [2.45, 2.75) is 38.6 Å². The molecule has 1 aliphatic rings. The highest BCUT2D eigenvalue weighted by Gasteiger charge is 2.27. The van der Waals surface area contributed by atoms with Gasteiger partial charge in [0, 0.05) is 13.1 Å². The molecule has 0 unspecified atom stereocenters. The molecule has 1 amide bonds. The van der Waals surface area contributed by atoms with Crippen molar-refractivity contribution in [3.8, 4) is 0 Å². The summed E-state index contributed by atoms with van der Waals surface area (Å²) in [6, 6.07) is 0.305. The molecule has 2 rings (SSSR count). The third-order valence-electron chi connectivity index (χ3n) is 3.69. The first-order chi connectivity index (χ1) is 9.02. The normalized spacial score (nSPS) is 16.1. The zero-order valence-electron chi connectivity index (χ0n) is 12.1. The molecule has 1 aromatic rings. The van der Waals surface area contributed by atoms with Gasteiger partial charge in [0.25, 0.3) is 5.91 Å². The Kier molecular flexibility index (Phi) is 6.48. The van der Waals surface area contributed by atoms with Crippen molar-refractivity contribution in [2.24, 2.45) is 0 Å². The second-order valence-corrected chi connectivity index (χ2v) is 6.14. The third-order valence-corrected chi connectivity index (χ3v) is 4.49. The van der Waals surface area contributed by atoms with E-state index < -0.39 is 0 Å². The summed E-state index contributed by atoms with van der Waals surface area (Å²) in [5, 5.41) is 10.4. The number of piperidine rings is 1. The van der Waals surface area contributed by atoms with E-state index in [2.05, 4.69) is 45.3 Å². The van der Waals surface area contributed by atoms with E-state index in [1.165, 1.54) is 0 Å². The number of halogens is 2. The van der Waals surface area contributed by atoms with Crippen molar-refractivity contribution in [3.63, 3.8) is 0 Å². The molecule has 2 N–H and O–H groups in total. The van der Waals surface area contributed by atoms with Crippen molar-refractivity contribution in [3.05, 3.63) is 15.9 Å². The Morgan fingerprint density at radius 1 is 1.40 bits per heavy atom. The summed E-state index contributed by atoms with van der Waals surface area (Å²) in [5.41, 5.74) is 1.46. The van der Waals surface area contributed by atoms with E-state index in [1.54, 1.807) is 0 Å². The quantitative estimate of drug-likeness (QED) is 0.865. The summed E-state index contributed by atoms with van der Waals surface area (Å²) in [6.07, 6.45) is 2.00. The fourth-order valence-electron chi connectivity index (χ4n) is 2.39. The first-order valence-corrected chi connectivity index (χ1v) is 7.53. The van der Waals surface area contributed by atoms with Gasteiger partial charge in [-0.05, 0) is 47.8 Å². The van der Waals surface area contributed by atoms with Crippen LogP contribution in [0.3, 0.4) is 0 Å². The molecular weight excluding hydrogens is 344 g/mol. The average molecular weight is 366 g/mol. The summed E-state index contributed by atoms with van der Waals surface area (Å²) in [6.45, 7) is 6.09. The Balaban J connectivity index is 0.00000200. The lowest BCUT2D eigenvalue weighted by Crippen LogP contribution is -2.44. The van der Waals surface area contributed by atoms with Crippen LogP contribution in [0.2, 0.25) is 0 Å².